The molecule has 0 saturated heterocycles. The number of aryl methyl sites for hydroxylation is 1. The molecule has 0 aliphatic rings. The largest absolute Gasteiger partial charge is 0.433 e. The van der Waals surface area contributed by atoms with Gasteiger partial charge in [0.1, 0.15) is 11.4 Å². The lowest BCUT2D eigenvalue weighted by Gasteiger charge is -2.10. The molecule has 0 spiro atoms. The zero-order valence-corrected chi connectivity index (χ0v) is 13.4. The van der Waals surface area contributed by atoms with Crippen molar-refractivity contribution in [3.63, 3.8) is 0 Å². The monoisotopic (exact) mass is 325 g/mol. The highest BCUT2D eigenvalue weighted by Gasteiger charge is 2.32. The molecule has 0 radical (unpaired) electrons. The van der Waals surface area contributed by atoms with Crippen molar-refractivity contribution in [3.05, 3.63) is 52.1 Å². The summed E-state index contributed by atoms with van der Waals surface area (Å²) in [6, 6.07) is 2.38. The van der Waals surface area contributed by atoms with Crippen molar-refractivity contribution in [2.45, 2.75) is 26.4 Å². The molecule has 4 nitrogen and oxygen atoms in total. The van der Waals surface area contributed by atoms with Crippen LogP contribution in [-0.2, 0) is 12.6 Å². The Morgan fingerprint density at radius 3 is 2.39 bits per heavy atom. The van der Waals surface area contributed by atoms with Gasteiger partial charge in [0.05, 0.1) is 0 Å². The maximum atomic E-state index is 12.5. The number of alkyl halides is 3. The molecular formula is C16H18F3N3O. The first-order valence-corrected chi connectivity index (χ1v) is 7.03. The third kappa shape index (κ3) is 3.55. The maximum absolute atomic E-state index is 12.5. The minimum atomic E-state index is -4.44. The fourth-order valence-corrected chi connectivity index (χ4v) is 2.39. The molecule has 7 heteroatoms. The number of H-pyrrole nitrogens is 1. The number of carbonyl (C=O) groups is 1. The number of hydrogen-bond acceptors (Lipinski definition) is 2. The first-order valence-electron chi connectivity index (χ1n) is 7.03. The van der Waals surface area contributed by atoms with Gasteiger partial charge < -0.3 is 9.88 Å². The molecule has 2 aromatic rings. The second-order valence-corrected chi connectivity index (χ2v) is 5.65. The van der Waals surface area contributed by atoms with Gasteiger partial charge in [-0.25, -0.2) is 0 Å². The fraction of sp³-hybridized carbons (Fsp3) is 0.375. The predicted octanol–water partition coefficient (Wildman–Crippen LogP) is 3.34. The van der Waals surface area contributed by atoms with Crippen molar-refractivity contribution in [3.8, 4) is 0 Å². The number of amides is 1. The minimum absolute atomic E-state index is 0.137. The van der Waals surface area contributed by atoms with Crippen LogP contribution in [0.1, 0.15) is 38.6 Å². The zero-order chi connectivity index (χ0) is 17.4. The van der Waals surface area contributed by atoms with Gasteiger partial charge in [-0.1, -0.05) is 6.07 Å². The van der Waals surface area contributed by atoms with Crippen LogP contribution in [0.2, 0.25) is 0 Å². The molecular weight excluding hydrogens is 307 g/mol. The number of nitrogens with one attached hydrogen (secondary N) is 1. The lowest BCUT2D eigenvalue weighted by Crippen LogP contribution is -2.22. The summed E-state index contributed by atoms with van der Waals surface area (Å²) in [6.07, 6.45) is -2.80. The van der Waals surface area contributed by atoms with Crippen LogP contribution < -0.4 is 0 Å². The van der Waals surface area contributed by atoms with E-state index in [-0.39, 0.29) is 5.91 Å². The van der Waals surface area contributed by atoms with Crippen LogP contribution in [0.15, 0.2) is 18.3 Å². The summed E-state index contributed by atoms with van der Waals surface area (Å²) >= 11 is 0. The highest BCUT2D eigenvalue weighted by atomic mass is 19.4. The van der Waals surface area contributed by atoms with Crippen LogP contribution in [0.5, 0.6) is 0 Å². The fourth-order valence-electron chi connectivity index (χ4n) is 2.39. The number of halogens is 3. The minimum Gasteiger partial charge on any atom is -0.354 e. The van der Waals surface area contributed by atoms with E-state index < -0.39 is 11.9 Å². The van der Waals surface area contributed by atoms with Gasteiger partial charge in [0, 0.05) is 32.4 Å². The summed E-state index contributed by atoms with van der Waals surface area (Å²) < 4.78 is 37.6. The Morgan fingerprint density at radius 2 is 1.91 bits per heavy atom. The van der Waals surface area contributed by atoms with Gasteiger partial charge in [-0.05, 0) is 36.6 Å². The molecule has 1 N–H and O–H groups in total. The Balaban J connectivity index is 2.29. The Bertz CT molecular complexity index is 715. The summed E-state index contributed by atoms with van der Waals surface area (Å²) in [4.78, 5) is 20.1. The van der Waals surface area contributed by atoms with Gasteiger partial charge in [-0.2, -0.15) is 13.2 Å². The van der Waals surface area contributed by atoms with E-state index >= 15 is 0 Å². The summed E-state index contributed by atoms with van der Waals surface area (Å²) in [5, 5.41) is 0. The number of hydrogen-bond donors (Lipinski definition) is 1. The first kappa shape index (κ1) is 17.1. The average molecular weight is 325 g/mol. The van der Waals surface area contributed by atoms with Crippen molar-refractivity contribution in [1.82, 2.24) is 14.9 Å². The summed E-state index contributed by atoms with van der Waals surface area (Å²) in [5.74, 6) is -0.137. The van der Waals surface area contributed by atoms with Crippen molar-refractivity contribution < 1.29 is 18.0 Å². The SMILES string of the molecule is Cc1[nH]c(C(=O)N(C)C)c(C)c1Cc1ccc(C(F)(F)F)nc1. The standard InChI is InChI=1S/C16H18F3N3O/c1-9-12(10(2)21-14(9)15(23)22(3)4)7-11-5-6-13(20-8-11)16(17,18)19/h5-6,8,21H,7H2,1-4H3. The van der Waals surface area contributed by atoms with Gasteiger partial charge in [0.15, 0.2) is 0 Å². The second-order valence-electron chi connectivity index (χ2n) is 5.65. The smallest absolute Gasteiger partial charge is 0.354 e. The van der Waals surface area contributed by atoms with E-state index in [1.165, 1.54) is 17.2 Å². The first-order chi connectivity index (χ1) is 10.6. The van der Waals surface area contributed by atoms with E-state index in [2.05, 4.69) is 9.97 Å². The molecule has 0 fully saturated rings. The topological polar surface area (TPSA) is 49.0 Å². The molecule has 2 heterocycles. The number of nitrogens with zero attached hydrogens (tertiary/aromatic N) is 2. The second kappa shape index (κ2) is 6.06. The maximum Gasteiger partial charge on any atom is 0.433 e. The van der Waals surface area contributed by atoms with E-state index in [1.807, 2.05) is 13.8 Å². The third-order valence-electron chi connectivity index (χ3n) is 3.71. The number of pyridine rings is 1. The van der Waals surface area contributed by atoms with E-state index in [4.69, 9.17) is 0 Å². The van der Waals surface area contributed by atoms with E-state index in [0.717, 1.165) is 22.9 Å². The van der Waals surface area contributed by atoms with Gasteiger partial charge in [-0.15, -0.1) is 0 Å². The van der Waals surface area contributed by atoms with E-state index in [1.54, 1.807) is 14.1 Å². The van der Waals surface area contributed by atoms with Crippen molar-refractivity contribution in [2.75, 3.05) is 14.1 Å². The summed E-state index contributed by atoms with van der Waals surface area (Å²) in [5.41, 5.74) is 2.78. The normalized spacial score (nSPS) is 11.6. The number of carbonyl (C=O) groups excluding carboxylic acids is 1. The van der Waals surface area contributed by atoms with Crippen LogP contribution >= 0.6 is 0 Å². The van der Waals surface area contributed by atoms with Crippen molar-refractivity contribution in [1.29, 1.82) is 0 Å². The van der Waals surface area contributed by atoms with Crippen LogP contribution in [0, 0.1) is 13.8 Å². The van der Waals surface area contributed by atoms with Gasteiger partial charge in [0.25, 0.3) is 5.91 Å². The molecule has 23 heavy (non-hydrogen) atoms. The van der Waals surface area contributed by atoms with Crippen molar-refractivity contribution in [2.24, 2.45) is 0 Å². The summed E-state index contributed by atoms with van der Waals surface area (Å²) in [6.45, 7) is 3.67. The Hall–Kier alpha value is -2.31. The predicted molar refractivity (Wildman–Crippen MR) is 80.3 cm³/mol. The highest BCUT2D eigenvalue weighted by molar-refractivity contribution is 5.94. The molecule has 0 unspecified atom stereocenters. The number of aromatic amines is 1. The van der Waals surface area contributed by atoms with Gasteiger partial charge in [-0.3, -0.25) is 9.78 Å². The van der Waals surface area contributed by atoms with E-state index in [0.29, 0.717) is 17.7 Å². The molecule has 0 bridgehead atoms. The van der Waals surface area contributed by atoms with Crippen LogP contribution in [0.4, 0.5) is 13.2 Å². The molecule has 2 aromatic heterocycles. The molecule has 0 saturated carbocycles. The number of rotatable bonds is 3. The summed E-state index contributed by atoms with van der Waals surface area (Å²) in [7, 11) is 3.33. The quantitative estimate of drug-likeness (QED) is 0.941. The Morgan fingerprint density at radius 1 is 1.26 bits per heavy atom. The number of aromatic nitrogens is 2. The van der Waals surface area contributed by atoms with Crippen LogP contribution in [-0.4, -0.2) is 34.9 Å². The zero-order valence-electron chi connectivity index (χ0n) is 13.4. The highest BCUT2D eigenvalue weighted by Crippen LogP contribution is 2.28. The lowest BCUT2D eigenvalue weighted by atomic mass is 10.0. The molecule has 2 rings (SSSR count). The Kier molecular flexibility index (Phi) is 4.49. The molecule has 0 aliphatic carbocycles. The van der Waals surface area contributed by atoms with Crippen LogP contribution in [0.25, 0.3) is 0 Å². The Labute approximate surface area is 132 Å². The molecule has 0 aliphatic heterocycles. The molecule has 0 aromatic carbocycles. The molecule has 1 amide bonds. The average Bonchev–Trinajstić information content (AvgIpc) is 2.74. The van der Waals surface area contributed by atoms with E-state index in [9.17, 15) is 18.0 Å². The third-order valence-corrected chi connectivity index (χ3v) is 3.71. The lowest BCUT2D eigenvalue weighted by molar-refractivity contribution is -0.141. The molecule has 124 valence electrons. The van der Waals surface area contributed by atoms with Crippen molar-refractivity contribution >= 4 is 5.91 Å². The van der Waals surface area contributed by atoms with Gasteiger partial charge in [0.2, 0.25) is 0 Å². The van der Waals surface area contributed by atoms with Crippen LogP contribution in [0.3, 0.4) is 0 Å². The molecule has 0 atom stereocenters. The van der Waals surface area contributed by atoms with Gasteiger partial charge >= 0.3 is 6.18 Å².